The van der Waals surface area contributed by atoms with Gasteiger partial charge >= 0.3 is 0 Å². The standard InChI is InChI=1S/C11H20N2O3/c1-9(15)12(2)7-11(16)13-6-4-3-5-10(13)8-14/h10,14H,3-8H2,1-2H3. The molecule has 0 aromatic heterocycles. The number of carbonyl (C=O) groups excluding carboxylic acids is 2. The molecule has 0 radical (unpaired) electrons. The van der Waals surface area contributed by atoms with Gasteiger partial charge in [-0.3, -0.25) is 9.59 Å². The lowest BCUT2D eigenvalue weighted by molar-refractivity contribution is -0.141. The van der Waals surface area contributed by atoms with Crippen molar-refractivity contribution in [1.29, 1.82) is 0 Å². The van der Waals surface area contributed by atoms with Gasteiger partial charge in [-0.05, 0) is 19.3 Å². The van der Waals surface area contributed by atoms with E-state index in [1.807, 2.05) is 0 Å². The van der Waals surface area contributed by atoms with Crippen molar-refractivity contribution < 1.29 is 14.7 Å². The molecule has 5 nitrogen and oxygen atoms in total. The molecular weight excluding hydrogens is 208 g/mol. The molecule has 0 bridgehead atoms. The summed E-state index contributed by atoms with van der Waals surface area (Å²) < 4.78 is 0. The average Bonchev–Trinajstić information content (AvgIpc) is 2.28. The summed E-state index contributed by atoms with van der Waals surface area (Å²) in [6, 6.07) is -0.0680. The molecule has 1 aliphatic rings. The van der Waals surface area contributed by atoms with Gasteiger partial charge in [0.25, 0.3) is 0 Å². The van der Waals surface area contributed by atoms with Crippen molar-refractivity contribution in [2.24, 2.45) is 0 Å². The van der Waals surface area contributed by atoms with E-state index < -0.39 is 0 Å². The van der Waals surface area contributed by atoms with E-state index in [1.54, 1.807) is 11.9 Å². The predicted octanol–water partition coefficient (Wildman–Crippen LogP) is -0.162. The molecule has 1 fully saturated rings. The van der Waals surface area contributed by atoms with Crippen LogP contribution in [0.15, 0.2) is 0 Å². The average molecular weight is 228 g/mol. The number of likely N-dealkylation sites (N-methyl/N-ethyl adjacent to an activating group) is 1. The summed E-state index contributed by atoms with van der Waals surface area (Å²) in [4.78, 5) is 26.0. The Hall–Kier alpha value is -1.10. The van der Waals surface area contributed by atoms with Crippen molar-refractivity contribution >= 4 is 11.8 Å². The van der Waals surface area contributed by atoms with Crippen LogP contribution >= 0.6 is 0 Å². The van der Waals surface area contributed by atoms with Gasteiger partial charge in [0.15, 0.2) is 0 Å². The van der Waals surface area contributed by atoms with Crippen LogP contribution in [0.5, 0.6) is 0 Å². The molecule has 0 aromatic carbocycles. The van der Waals surface area contributed by atoms with Gasteiger partial charge in [0.2, 0.25) is 11.8 Å². The largest absolute Gasteiger partial charge is 0.394 e. The highest BCUT2D eigenvalue weighted by Crippen LogP contribution is 2.16. The minimum atomic E-state index is -0.120. The molecule has 1 unspecified atom stereocenters. The second-order valence-electron chi connectivity index (χ2n) is 4.29. The Balaban J connectivity index is 2.54. The Morgan fingerprint density at radius 1 is 1.44 bits per heavy atom. The molecule has 0 aliphatic carbocycles. The van der Waals surface area contributed by atoms with Gasteiger partial charge in [-0.25, -0.2) is 0 Å². The highest BCUT2D eigenvalue weighted by molar-refractivity contribution is 5.83. The Labute approximate surface area is 96.0 Å². The van der Waals surface area contributed by atoms with E-state index in [9.17, 15) is 14.7 Å². The molecule has 1 saturated heterocycles. The third-order valence-electron chi connectivity index (χ3n) is 3.07. The van der Waals surface area contributed by atoms with Gasteiger partial charge in [0, 0.05) is 20.5 Å². The number of likely N-dealkylation sites (tertiary alicyclic amines) is 1. The normalized spacial score (nSPS) is 20.7. The third kappa shape index (κ3) is 3.20. The fourth-order valence-electron chi connectivity index (χ4n) is 1.92. The molecule has 92 valence electrons. The molecule has 0 spiro atoms. The van der Waals surface area contributed by atoms with Crippen LogP contribution in [0.4, 0.5) is 0 Å². The third-order valence-corrected chi connectivity index (χ3v) is 3.07. The van der Waals surface area contributed by atoms with E-state index >= 15 is 0 Å². The minimum Gasteiger partial charge on any atom is -0.394 e. The summed E-state index contributed by atoms with van der Waals surface area (Å²) >= 11 is 0. The first-order chi connectivity index (χ1) is 7.56. The van der Waals surface area contributed by atoms with Crippen LogP contribution in [0.1, 0.15) is 26.2 Å². The van der Waals surface area contributed by atoms with Crippen LogP contribution in [-0.2, 0) is 9.59 Å². The van der Waals surface area contributed by atoms with E-state index in [2.05, 4.69) is 0 Å². The van der Waals surface area contributed by atoms with Crippen molar-refractivity contribution in [2.75, 3.05) is 26.7 Å². The Morgan fingerprint density at radius 2 is 2.12 bits per heavy atom. The number of piperidine rings is 1. The van der Waals surface area contributed by atoms with Crippen molar-refractivity contribution in [3.05, 3.63) is 0 Å². The summed E-state index contributed by atoms with van der Waals surface area (Å²) in [5.74, 6) is -0.192. The van der Waals surface area contributed by atoms with Gasteiger partial charge in [0.1, 0.15) is 0 Å². The first-order valence-corrected chi connectivity index (χ1v) is 5.68. The van der Waals surface area contributed by atoms with E-state index in [1.165, 1.54) is 11.8 Å². The van der Waals surface area contributed by atoms with E-state index in [0.29, 0.717) is 6.54 Å². The van der Waals surface area contributed by atoms with Crippen LogP contribution in [0.25, 0.3) is 0 Å². The maximum atomic E-state index is 11.9. The monoisotopic (exact) mass is 228 g/mol. The van der Waals surface area contributed by atoms with Crippen molar-refractivity contribution in [2.45, 2.75) is 32.2 Å². The SMILES string of the molecule is CC(=O)N(C)CC(=O)N1CCCCC1CO. The Kier molecular flexibility index (Phi) is 4.73. The Morgan fingerprint density at radius 3 is 2.69 bits per heavy atom. The summed E-state index contributed by atoms with van der Waals surface area (Å²) in [5.41, 5.74) is 0. The number of rotatable bonds is 3. The molecule has 0 aromatic rings. The second kappa shape index (κ2) is 5.84. The molecule has 1 aliphatic heterocycles. The minimum absolute atomic E-state index is 0.00945. The maximum Gasteiger partial charge on any atom is 0.242 e. The molecule has 1 heterocycles. The summed E-state index contributed by atoms with van der Waals surface area (Å²) in [5, 5.41) is 9.18. The van der Waals surface area contributed by atoms with Crippen molar-refractivity contribution in [3.63, 3.8) is 0 Å². The zero-order valence-corrected chi connectivity index (χ0v) is 9.98. The number of aliphatic hydroxyl groups is 1. The molecule has 5 heteroatoms. The first-order valence-electron chi connectivity index (χ1n) is 5.68. The zero-order valence-electron chi connectivity index (χ0n) is 9.98. The zero-order chi connectivity index (χ0) is 12.1. The van der Waals surface area contributed by atoms with E-state index in [0.717, 1.165) is 19.3 Å². The lowest BCUT2D eigenvalue weighted by atomic mass is 10.0. The van der Waals surface area contributed by atoms with Crippen molar-refractivity contribution in [3.8, 4) is 0 Å². The number of amides is 2. The van der Waals surface area contributed by atoms with Crippen LogP contribution in [-0.4, -0.2) is 59.5 Å². The summed E-state index contributed by atoms with van der Waals surface area (Å²) in [6.07, 6.45) is 2.88. The topological polar surface area (TPSA) is 60.9 Å². The smallest absolute Gasteiger partial charge is 0.242 e. The molecule has 2 amide bonds. The van der Waals surface area contributed by atoms with Crippen LogP contribution < -0.4 is 0 Å². The molecule has 1 rings (SSSR count). The highest BCUT2D eigenvalue weighted by atomic mass is 16.3. The van der Waals surface area contributed by atoms with E-state index in [-0.39, 0.29) is 31.0 Å². The Bertz CT molecular complexity index is 268. The quantitative estimate of drug-likeness (QED) is 0.730. The number of hydrogen-bond acceptors (Lipinski definition) is 3. The summed E-state index contributed by atoms with van der Waals surface area (Å²) in [7, 11) is 1.61. The fourth-order valence-corrected chi connectivity index (χ4v) is 1.92. The number of carbonyl (C=O) groups is 2. The van der Waals surface area contributed by atoms with Crippen LogP contribution in [0.2, 0.25) is 0 Å². The molecule has 16 heavy (non-hydrogen) atoms. The molecular formula is C11H20N2O3. The van der Waals surface area contributed by atoms with Gasteiger partial charge in [-0.2, -0.15) is 0 Å². The fraction of sp³-hybridized carbons (Fsp3) is 0.818. The molecule has 0 saturated carbocycles. The lowest BCUT2D eigenvalue weighted by Gasteiger charge is -2.35. The number of aliphatic hydroxyl groups excluding tert-OH is 1. The van der Waals surface area contributed by atoms with Gasteiger partial charge in [0.05, 0.1) is 19.2 Å². The van der Waals surface area contributed by atoms with Crippen LogP contribution in [0, 0.1) is 0 Å². The lowest BCUT2D eigenvalue weighted by Crippen LogP contribution is -2.49. The van der Waals surface area contributed by atoms with Crippen LogP contribution in [0.3, 0.4) is 0 Å². The maximum absolute atomic E-state index is 11.9. The van der Waals surface area contributed by atoms with E-state index in [4.69, 9.17) is 0 Å². The van der Waals surface area contributed by atoms with Gasteiger partial charge < -0.3 is 14.9 Å². The first kappa shape index (κ1) is 13.0. The number of hydrogen-bond donors (Lipinski definition) is 1. The number of nitrogens with zero attached hydrogens (tertiary/aromatic N) is 2. The highest BCUT2D eigenvalue weighted by Gasteiger charge is 2.26. The van der Waals surface area contributed by atoms with Crippen molar-refractivity contribution in [1.82, 2.24) is 9.80 Å². The summed E-state index contributed by atoms with van der Waals surface area (Å²) in [6.45, 7) is 2.24. The van der Waals surface area contributed by atoms with Gasteiger partial charge in [-0.15, -0.1) is 0 Å². The predicted molar refractivity (Wildman–Crippen MR) is 59.7 cm³/mol. The van der Waals surface area contributed by atoms with Gasteiger partial charge in [-0.1, -0.05) is 0 Å². The molecule has 1 N–H and O–H groups in total. The molecule has 1 atom stereocenters. The second-order valence-corrected chi connectivity index (χ2v) is 4.29.